The molecule has 1 saturated heterocycles. The molecule has 43 heavy (non-hydrogen) atoms. The molecule has 4 N–H and O–H groups in total. The molecule has 0 aliphatic carbocycles. The zero-order chi connectivity index (χ0) is 30.5. The zero-order valence-corrected chi connectivity index (χ0v) is 23.6. The normalized spacial score (nSPS) is 14.0. The second-order valence-corrected chi connectivity index (χ2v) is 10.1. The van der Waals surface area contributed by atoms with E-state index in [0.29, 0.717) is 28.5 Å². The minimum atomic E-state index is -0.977. The molecule has 9 nitrogen and oxygen atoms in total. The number of carbonyl (C=O) groups excluding carboxylic acids is 2. The van der Waals surface area contributed by atoms with E-state index in [1.165, 1.54) is 24.1 Å². The van der Waals surface area contributed by atoms with Gasteiger partial charge in [0.1, 0.15) is 17.7 Å². The highest BCUT2D eigenvalue weighted by molar-refractivity contribution is 5.99. The number of hydrogen-bond donors (Lipinski definition) is 3. The number of aromatic nitrogens is 1. The van der Waals surface area contributed by atoms with Crippen molar-refractivity contribution in [3.8, 4) is 16.9 Å². The van der Waals surface area contributed by atoms with E-state index in [-0.39, 0.29) is 36.7 Å². The number of benzene rings is 3. The van der Waals surface area contributed by atoms with Gasteiger partial charge in [0, 0.05) is 23.0 Å². The number of nitrogens with zero attached hydrogens (tertiary/aromatic N) is 3. The minimum Gasteiger partial charge on any atom is -0.495 e. The van der Waals surface area contributed by atoms with E-state index in [4.69, 9.17) is 10.5 Å². The number of alkyl halides is 1. The third-order valence-electron chi connectivity index (χ3n) is 7.07. The predicted octanol–water partition coefficient (Wildman–Crippen LogP) is 5.49. The van der Waals surface area contributed by atoms with Gasteiger partial charge in [0.2, 0.25) is 5.91 Å². The summed E-state index contributed by atoms with van der Waals surface area (Å²) >= 11 is 0. The average Bonchev–Trinajstić information content (AvgIpc) is 3.00. The van der Waals surface area contributed by atoms with Crippen molar-refractivity contribution in [1.29, 1.82) is 0 Å². The fourth-order valence-corrected chi connectivity index (χ4v) is 4.51. The van der Waals surface area contributed by atoms with Gasteiger partial charge in [-0.25, -0.2) is 13.8 Å². The van der Waals surface area contributed by atoms with Crippen molar-refractivity contribution >= 4 is 35.0 Å². The van der Waals surface area contributed by atoms with Gasteiger partial charge in [-0.1, -0.05) is 24.3 Å². The Balaban J connectivity index is 1.19. The fraction of sp³-hybridized carbons (Fsp3) is 0.188. The number of ether oxygens (including phenoxy) is 1. The Kier molecular flexibility index (Phi) is 8.61. The molecule has 220 valence electrons. The molecule has 1 fully saturated rings. The number of amides is 2. The molecular weight excluding hydrogens is 554 g/mol. The Hall–Kier alpha value is -5.32. The lowest BCUT2D eigenvalue weighted by Gasteiger charge is -2.34. The fourth-order valence-electron chi connectivity index (χ4n) is 4.51. The molecule has 0 bridgehead atoms. The summed E-state index contributed by atoms with van der Waals surface area (Å²) in [6, 6.07) is 21.6. The number of hydrogen-bond acceptors (Lipinski definition) is 5. The molecule has 11 heteroatoms. The number of methoxy groups -OCH3 is 1. The highest BCUT2D eigenvalue weighted by Crippen LogP contribution is 2.28. The number of nitrogens with one attached hydrogen (secondary N) is 2. The standard InChI is InChI=1S/C32H30F2N6O3/c1-19(20-3-9-24(33)10-4-20)30(41)37-26-11-5-21(6-12-26)23-8-14-29(36-16-23)39-32(35)38-27-13-7-22(15-28(27)43-2)31(42)40-17-25(34)18-40/h3-16,19,25H,17-18H2,1-2H3,(H,37,41)(H3,35,36,38,39). The average molecular weight is 585 g/mol. The summed E-state index contributed by atoms with van der Waals surface area (Å²) in [6.45, 7) is 1.95. The Labute approximate surface area is 247 Å². The first-order valence-electron chi connectivity index (χ1n) is 13.6. The first-order chi connectivity index (χ1) is 20.7. The number of anilines is 2. The minimum absolute atomic E-state index is 0.0654. The lowest BCUT2D eigenvalue weighted by molar-refractivity contribution is -0.117. The molecule has 1 unspecified atom stereocenters. The Bertz CT molecular complexity index is 1640. The third kappa shape index (κ3) is 6.95. The van der Waals surface area contributed by atoms with Gasteiger partial charge in [0.25, 0.3) is 5.91 Å². The van der Waals surface area contributed by atoms with Crippen molar-refractivity contribution in [2.24, 2.45) is 10.7 Å². The van der Waals surface area contributed by atoms with Crippen LogP contribution in [0, 0.1) is 5.82 Å². The molecule has 0 radical (unpaired) electrons. The summed E-state index contributed by atoms with van der Waals surface area (Å²) in [7, 11) is 1.47. The second kappa shape index (κ2) is 12.7. The molecular formula is C32H30F2N6O3. The Morgan fingerprint density at radius 3 is 2.33 bits per heavy atom. The summed E-state index contributed by atoms with van der Waals surface area (Å²) in [5, 5.41) is 5.84. The topological polar surface area (TPSA) is 122 Å². The molecule has 1 aliphatic rings. The summed E-state index contributed by atoms with van der Waals surface area (Å²) < 4.78 is 31.7. The molecule has 1 aromatic heterocycles. The van der Waals surface area contributed by atoms with Crippen LogP contribution in [0.15, 0.2) is 90.1 Å². The van der Waals surface area contributed by atoms with E-state index in [1.54, 1.807) is 61.7 Å². The maximum absolute atomic E-state index is 13.2. The van der Waals surface area contributed by atoms with Gasteiger partial charge in [-0.2, -0.15) is 4.99 Å². The maximum Gasteiger partial charge on any atom is 0.254 e. The van der Waals surface area contributed by atoms with Gasteiger partial charge in [-0.15, -0.1) is 0 Å². The molecule has 2 amide bonds. The van der Waals surface area contributed by atoms with Gasteiger partial charge >= 0.3 is 0 Å². The number of aliphatic imine (C=N–C) groups is 1. The van der Waals surface area contributed by atoms with Gasteiger partial charge in [-0.05, 0) is 72.6 Å². The summed E-state index contributed by atoms with van der Waals surface area (Å²) in [6.07, 6.45) is 0.685. The Morgan fingerprint density at radius 2 is 1.70 bits per heavy atom. The quantitative estimate of drug-likeness (QED) is 0.186. The van der Waals surface area contributed by atoms with E-state index in [0.717, 1.165) is 16.7 Å². The molecule has 1 aliphatic heterocycles. The summed E-state index contributed by atoms with van der Waals surface area (Å²) in [4.78, 5) is 35.2. The molecule has 0 saturated carbocycles. The van der Waals surface area contributed by atoms with Crippen molar-refractivity contribution in [1.82, 2.24) is 9.88 Å². The molecule has 3 aromatic carbocycles. The van der Waals surface area contributed by atoms with Crippen LogP contribution in [0.1, 0.15) is 28.8 Å². The van der Waals surface area contributed by atoms with Gasteiger partial charge in [0.05, 0.1) is 31.8 Å². The number of likely N-dealkylation sites (tertiary alicyclic amines) is 1. The highest BCUT2D eigenvalue weighted by atomic mass is 19.1. The van der Waals surface area contributed by atoms with Gasteiger partial charge in [0.15, 0.2) is 11.8 Å². The SMILES string of the molecule is COc1cc(C(=O)N2CC(F)C2)ccc1NC(N)=Nc1ccc(-c2ccc(NC(=O)C(C)c3ccc(F)cc3)cc2)cn1. The van der Waals surface area contributed by atoms with Crippen LogP contribution < -0.4 is 21.1 Å². The lowest BCUT2D eigenvalue weighted by atomic mass is 10.00. The Morgan fingerprint density at radius 1 is 1.00 bits per heavy atom. The van der Waals surface area contributed by atoms with Crippen LogP contribution in [0.2, 0.25) is 0 Å². The largest absolute Gasteiger partial charge is 0.495 e. The van der Waals surface area contributed by atoms with E-state index >= 15 is 0 Å². The third-order valence-corrected chi connectivity index (χ3v) is 7.07. The van der Waals surface area contributed by atoms with Crippen LogP contribution in [0.25, 0.3) is 11.1 Å². The number of pyridine rings is 1. The number of halogens is 2. The van der Waals surface area contributed by atoms with Crippen molar-refractivity contribution in [3.05, 3.63) is 102 Å². The highest BCUT2D eigenvalue weighted by Gasteiger charge is 2.31. The number of nitrogens with two attached hydrogens (primary N) is 1. The number of guanidine groups is 1. The van der Waals surface area contributed by atoms with E-state index in [2.05, 4.69) is 20.6 Å². The zero-order valence-electron chi connectivity index (χ0n) is 23.6. The molecule has 0 spiro atoms. The molecule has 5 rings (SSSR count). The van der Waals surface area contributed by atoms with Crippen LogP contribution in [-0.4, -0.2) is 54.0 Å². The number of carbonyl (C=O) groups is 2. The van der Waals surface area contributed by atoms with Gasteiger partial charge < -0.3 is 26.0 Å². The van der Waals surface area contributed by atoms with Crippen LogP contribution in [0.4, 0.5) is 26.0 Å². The van der Waals surface area contributed by atoms with Gasteiger partial charge in [-0.3, -0.25) is 9.59 Å². The lowest BCUT2D eigenvalue weighted by Crippen LogP contribution is -2.51. The first-order valence-corrected chi connectivity index (χ1v) is 13.6. The monoisotopic (exact) mass is 584 g/mol. The van der Waals surface area contributed by atoms with Crippen molar-refractivity contribution < 1.29 is 23.1 Å². The molecule has 1 atom stereocenters. The van der Waals surface area contributed by atoms with Crippen LogP contribution >= 0.6 is 0 Å². The molecule has 4 aromatic rings. The van der Waals surface area contributed by atoms with Crippen LogP contribution in [0.3, 0.4) is 0 Å². The van der Waals surface area contributed by atoms with E-state index < -0.39 is 12.1 Å². The van der Waals surface area contributed by atoms with E-state index in [9.17, 15) is 18.4 Å². The summed E-state index contributed by atoms with van der Waals surface area (Å²) in [5.41, 5.74) is 10.1. The van der Waals surface area contributed by atoms with Crippen LogP contribution in [-0.2, 0) is 4.79 Å². The van der Waals surface area contributed by atoms with Crippen molar-refractivity contribution in [2.45, 2.75) is 19.0 Å². The van der Waals surface area contributed by atoms with E-state index in [1.807, 2.05) is 18.2 Å². The van der Waals surface area contributed by atoms with Crippen LogP contribution in [0.5, 0.6) is 5.75 Å². The smallest absolute Gasteiger partial charge is 0.254 e. The van der Waals surface area contributed by atoms with Crippen molar-refractivity contribution in [2.75, 3.05) is 30.8 Å². The second-order valence-electron chi connectivity index (χ2n) is 10.1. The maximum atomic E-state index is 13.2. The molecule has 2 heterocycles. The predicted molar refractivity (Wildman–Crippen MR) is 162 cm³/mol. The van der Waals surface area contributed by atoms with Crippen molar-refractivity contribution in [3.63, 3.8) is 0 Å². The number of rotatable bonds is 8. The summed E-state index contributed by atoms with van der Waals surface area (Å²) in [5.74, 6) is -0.423. The first kappa shape index (κ1) is 29.2.